The second-order valence-corrected chi connectivity index (χ2v) is 6.97. The van der Waals surface area contributed by atoms with Crippen molar-refractivity contribution in [1.29, 1.82) is 0 Å². The van der Waals surface area contributed by atoms with Gasteiger partial charge in [-0.1, -0.05) is 48.5 Å². The van der Waals surface area contributed by atoms with Crippen molar-refractivity contribution in [2.24, 2.45) is 5.41 Å². The Balaban J connectivity index is 1.78. The van der Waals surface area contributed by atoms with Gasteiger partial charge in [0, 0.05) is 17.2 Å². The van der Waals surface area contributed by atoms with E-state index in [2.05, 4.69) is 0 Å². The van der Waals surface area contributed by atoms with Crippen LogP contribution in [0.4, 0.5) is 0 Å². The Bertz CT molecular complexity index is 468. The van der Waals surface area contributed by atoms with Gasteiger partial charge in [-0.15, -0.1) is 11.6 Å². The van der Waals surface area contributed by atoms with E-state index in [-0.39, 0.29) is 16.9 Å². The zero-order valence-corrected chi connectivity index (χ0v) is 12.9. The van der Waals surface area contributed by atoms with Crippen LogP contribution < -0.4 is 4.74 Å². The summed E-state index contributed by atoms with van der Waals surface area (Å²) in [6.45, 7) is 0. The molecule has 0 aliphatic heterocycles. The van der Waals surface area contributed by atoms with Gasteiger partial charge >= 0.3 is 0 Å². The van der Waals surface area contributed by atoms with Crippen LogP contribution in [0.1, 0.15) is 38.5 Å². The van der Waals surface area contributed by atoms with Crippen molar-refractivity contribution in [3.05, 3.63) is 28.2 Å². The number of alkyl halides is 1. The quantitative estimate of drug-likeness (QED) is 0.635. The third-order valence-electron chi connectivity index (χ3n) is 4.66. The lowest BCUT2D eigenvalue weighted by atomic mass is 9.58. The maximum atomic E-state index is 6.48. The van der Waals surface area contributed by atoms with E-state index in [1.807, 2.05) is 12.1 Å². The Morgan fingerprint density at radius 1 is 1.11 bits per heavy atom. The van der Waals surface area contributed by atoms with Gasteiger partial charge in [0.1, 0.15) is 16.9 Å². The van der Waals surface area contributed by atoms with Crippen molar-refractivity contribution in [1.82, 2.24) is 0 Å². The van der Waals surface area contributed by atoms with Gasteiger partial charge < -0.3 is 4.74 Å². The summed E-state index contributed by atoms with van der Waals surface area (Å²) in [6, 6.07) is 5.53. The molecule has 1 nitrogen and oxygen atoms in total. The molecular formula is C15H17Cl3O. The molecule has 0 bridgehead atoms. The Kier molecular flexibility index (Phi) is 3.90. The number of ether oxygens (including phenoxy) is 1. The third kappa shape index (κ3) is 2.34. The van der Waals surface area contributed by atoms with Crippen molar-refractivity contribution < 1.29 is 4.74 Å². The molecule has 2 aliphatic carbocycles. The molecule has 0 aromatic heterocycles. The van der Waals surface area contributed by atoms with Crippen molar-refractivity contribution in [3.63, 3.8) is 0 Å². The Labute approximate surface area is 129 Å². The van der Waals surface area contributed by atoms with E-state index in [1.165, 1.54) is 32.1 Å². The van der Waals surface area contributed by atoms with Gasteiger partial charge in [-0.3, -0.25) is 0 Å². The highest BCUT2D eigenvalue weighted by atomic mass is 35.5. The number of rotatable bonds is 2. The molecule has 2 aliphatic rings. The molecule has 1 spiro atoms. The molecule has 1 aromatic carbocycles. The summed E-state index contributed by atoms with van der Waals surface area (Å²) in [7, 11) is 0. The minimum Gasteiger partial charge on any atom is -0.488 e. The van der Waals surface area contributed by atoms with Crippen LogP contribution in [0.5, 0.6) is 5.75 Å². The van der Waals surface area contributed by atoms with Crippen LogP contribution in [-0.2, 0) is 0 Å². The van der Waals surface area contributed by atoms with Gasteiger partial charge in [0.2, 0.25) is 0 Å². The lowest BCUT2D eigenvalue weighted by Crippen LogP contribution is -2.58. The van der Waals surface area contributed by atoms with E-state index in [9.17, 15) is 0 Å². The number of hydrogen-bond donors (Lipinski definition) is 0. The molecule has 0 N–H and O–H groups in total. The highest BCUT2D eigenvalue weighted by Crippen LogP contribution is 2.56. The molecule has 3 rings (SSSR count). The van der Waals surface area contributed by atoms with E-state index >= 15 is 0 Å². The van der Waals surface area contributed by atoms with E-state index in [4.69, 9.17) is 39.5 Å². The Hall–Kier alpha value is -0.110. The first-order valence-corrected chi connectivity index (χ1v) is 8.07. The average molecular weight is 320 g/mol. The molecule has 2 atom stereocenters. The number of benzene rings is 1. The zero-order valence-electron chi connectivity index (χ0n) is 10.7. The van der Waals surface area contributed by atoms with Crippen molar-refractivity contribution in [2.45, 2.75) is 50.0 Å². The van der Waals surface area contributed by atoms with Gasteiger partial charge in [0.15, 0.2) is 0 Å². The Morgan fingerprint density at radius 3 is 2.53 bits per heavy atom. The van der Waals surface area contributed by atoms with Crippen LogP contribution in [-0.4, -0.2) is 11.5 Å². The minimum atomic E-state index is 0.158. The maximum Gasteiger partial charge on any atom is 0.139 e. The summed E-state index contributed by atoms with van der Waals surface area (Å²) in [6.07, 6.45) is 7.26. The van der Waals surface area contributed by atoms with Crippen LogP contribution >= 0.6 is 34.8 Å². The normalized spacial score (nSPS) is 29.0. The standard InChI is InChI=1S/C15H17Cl3O/c16-10-5-4-6-11(14(10)18)19-13-9-12(17)15(13)7-2-1-3-8-15/h4-6,12-13H,1-3,7-9H2. The molecule has 2 fully saturated rings. The first-order chi connectivity index (χ1) is 9.13. The largest absolute Gasteiger partial charge is 0.488 e. The molecule has 0 amide bonds. The van der Waals surface area contributed by atoms with E-state index in [0.717, 1.165) is 6.42 Å². The van der Waals surface area contributed by atoms with Gasteiger partial charge in [-0.2, -0.15) is 0 Å². The fraction of sp³-hybridized carbons (Fsp3) is 0.600. The summed E-state index contributed by atoms with van der Waals surface area (Å²) in [5.74, 6) is 0.688. The lowest BCUT2D eigenvalue weighted by molar-refractivity contribution is -0.0649. The molecule has 2 unspecified atom stereocenters. The predicted octanol–water partition coefficient (Wildman–Crippen LogP) is 5.70. The van der Waals surface area contributed by atoms with Crippen LogP contribution in [0.25, 0.3) is 0 Å². The zero-order chi connectivity index (χ0) is 13.5. The molecule has 1 aromatic rings. The van der Waals surface area contributed by atoms with Crippen molar-refractivity contribution >= 4 is 34.8 Å². The molecule has 2 saturated carbocycles. The number of hydrogen-bond acceptors (Lipinski definition) is 1. The fourth-order valence-electron chi connectivity index (χ4n) is 3.44. The van der Waals surface area contributed by atoms with E-state index in [0.29, 0.717) is 15.8 Å². The third-order valence-corrected chi connectivity index (χ3v) is 6.07. The average Bonchev–Trinajstić information content (AvgIpc) is 2.44. The van der Waals surface area contributed by atoms with Crippen LogP contribution in [0.2, 0.25) is 10.0 Å². The summed E-state index contributed by atoms with van der Waals surface area (Å²) >= 11 is 18.7. The van der Waals surface area contributed by atoms with Gasteiger partial charge in [-0.05, 0) is 25.0 Å². The molecule has 19 heavy (non-hydrogen) atoms. The summed E-state index contributed by atoms with van der Waals surface area (Å²) < 4.78 is 6.12. The van der Waals surface area contributed by atoms with Gasteiger partial charge in [0.25, 0.3) is 0 Å². The first kappa shape index (κ1) is 13.9. The smallest absolute Gasteiger partial charge is 0.139 e. The molecule has 0 heterocycles. The molecule has 4 heteroatoms. The Morgan fingerprint density at radius 2 is 1.84 bits per heavy atom. The predicted molar refractivity (Wildman–Crippen MR) is 80.7 cm³/mol. The van der Waals surface area contributed by atoms with Crippen LogP contribution in [0.3, 0.4) is 0 Å². The second-order valence-electron chi connectivity index (χ2n) is 5.66. The molecule has 0 radical (unpaired) electrons. The topological polar surface area (TPSA) is 9.23 Å². The number of halogens is 3. The minimum absolute atomic E-state index is 0.158. The molecular weight excluding hydrogens is 303 g/mol. The summed E-state index contributed by atoms with van der Waals surface area (Å²) in [5, 5.41) is 1.29. The van der Waals surface area contributed by atoms with E-state index in [1.54, 1.807) is 6.07 Å². The van der Waals surface area contributed by atoms with E-state index < -0.39 is 0 Å². The summed E-state index contributed by atoms with van der Waals surface area (Å²) in [4.78, 5) is 0. The highest BCUT2D eigenvalue weighted by molar-refractivity contribution is 6.42. The summed E-state index contributed by atoms with van der Waals surface area (Å²) in [5.41, 5.74) is 0.158. The van der Waals surface area contributed by atoms with Crippen molar-refractivity contribution in [2.75, 3.05) is 0 Å². The SMILES string of the molecule is Clc1cccc(OC2CC(Cl)C23CCCCC3)c1Cl. The second kappa shape index (κ2) is 5.35. The first-order valence-electron chi connectivity index (χ1n) is 6.88. The maximum absolute atomic E-state index is 6.48. The lowest BCUT2D eigenvalue weighted by Gasteiger charge is -2.55. The highest BCUT2D eigenvalue weighted by Gasteiger charge is 2.55. The van der Waals surface area contributed by atoms with Crippen LogP contribution in [0, 0.1) is 5.41 Å². The fourth-order valence-corrected chi connectivity index (χ4v) is 4.29. The monoisotopic (exact) mass is 318 g/mol. The molecule has 0 saturated heterocycles. The van der Waals surface area contributed by atoms with Crippen molar-refractivity contribution in [3.8, 4) is 5.75 Å². The van der Waals surface area contributed by atoms with Gasteiger partial charge in [0.05, 0.1) is 5.02 Å². The van der Waals surface area contributed by atoms with Gasteiger partial charge in [-0.25, -0.2) is 0 Å². The molecule has 104 valence electrons. The van der Waals surface area contributed by atoms with Crippen LogP contribution in [0.15, 0.2) is 18.2 Å².